The molecule has 1 aliphatic heterocycles. The van der Waals surface area contributed by atoms with Crippen molar-refractivity contribution in [3.63, 3.8) is 0 Å². The lowest BCUT2D eigenvalue weighted by Gasteiger charge is -2.31. The number of nitrogens with zero attached hydrogens (tertiary/aromatic N) is 5. The lowest BCUT2D eigenvalue weighted by atomic mass is 9.97. The Morgan fingerprint density at radius 3 is 2.49 bits per heavy atom. The third-order valence-corrected chi connectivity index (χ3v) is 7.12. The van der Waals surface area contributed by atoms with Gasteiger partial charge in [0.2, 0.25) is 0 Å². The summed E-state index contributed by atoms with van der Waals surface area (Å²) in [7, 11) is 3.31. The van der Waals surface area contributed by atoms with Gasteiger partial charge in [-0.3, -0.25) is 9.78 Å². The molecule has 4 aromatic rings. The van der Waals surface area contributed by atoms with Gasteiger partial charge in [0.05, 0.1) is 35.8 Å². The quantitative estimate of drug-likeness (QED) is 0.280. The van der Waals surface area contributed by atoms with Gasteiger partial charge in [0.1, 0.15) is 18.1 Å². The molecule has 0 fully saturated rings. The zero-order chi connectivity index (χ0) is 28.1. The Kier molecular flexibility index (Phi) is 6.75. The first-order valence-corrected chi connectivity index (χ1v) is 12.9. The van der Waals surface area contributed by atoms with E-state index in [2.05, 4.69) is 11.1 Å². The first-order chi connectivity index (χ1) is 18.5. The van der Waals surface area contributed by atoms with Gasteiger partial charge in [0, 0.05) is 51.6 Å². The minimum atomic E-state index is -0.432. The number of benzene rings is 2. The molecule has 0 atom stereocenters. The fourth-order valence-corrected chi connectivity index (χ4v) is 4.89. The Labute approximate surface area is 236 Å². The van der Waals surface area contributed by atoms with Gasteiger partial charge in [0.15, 0.2) is 5.69 Å². The Bertz CT molecular complexity index is 1650. The zero-order valence-corrected chi connectivity index (χ0v) is 23.6. The van der Waals surface area contributed by atoms with E-state index in [1.165, 1.54) is 0 Å². The molecule has 0 unspecified atom stereocenters. The Morgan fingerprint density at radius 2 is 1.85 bits per heavy atom. The maximum Gasteiger partial charge on any atom is 0.274 e. The predicted octanol–water partition coefficient (Wildman–Crippen LogP) is 6.55. The van der Waals surface area contributed by atoms with Crippen LogP contribution in [0.25, 0.3) is 28.2 Å². The van der Waals surface area contributed by atoms with Gasteiger partial charge in [0.25, 0.3) is 5.91 Å². The summed E-state index contributed by atoms with van der Waals surface area (Å²) in [5.41, 5.74) is 4.09. The summed E-state index contributed by atoms with van der Waals surface area (Å²) in [6.07, 6.45) is 1.58. The van der Waals surface area contributed by atoms with E-state index in [0.717, 1.165) is 0 Å². The Balaban J connectivity index is 1.80. The summed E-state index contributed by atoms with van der Waals surface area (Å²) in [5.74, 6) is 0.840. The fourth-order valence-electron chi connectivity index (χ4n) is 4.38. The van der Waals surface area contributed by atoms with Crippen LogP contribution in [0.15, 0.2) is 48.7 Å². The lowest BCUT2D eigenvalue weighted by Crippen LogP contribution is -2.43. The van der Waals surface area contributed by atoms with Crippen molar-refractivity contribution < 1.29 is 14.3 Å². The molecule has 0 aliphatic carbocycles. The summed E-state index contributed by atoms with van der Waals surface area (Å²) in [5, 5.41) is 15.1. The molecule has 1 amide bonds. The van der Waals surface area contributed by atoms with Gasteiger partial charge >= 0.3 is 0 Å². The van der Waals surface area contributed by atoms with E-state index >= 15 is 0 Å². The van der Waals surface area contributed by atoms with Crippen molar-refractivity contribution >= 4 is 29.1 Å². The average Bonchev–Trinajstić information content (AvgIpc) is 3.30. The zero-order valence-electron chi connectivity index (χ0n) is 22.0. The highest BCUT2D eigenvalue weighted by Gasteiger charge is 2.34. The molecule has 10 heteroatoms. The van der Waals surface area contributed by atoms with Crippen LogP contribution in [0.3, 0.4) is 0 Å². The molecule has 5 rings (SSSR count). The number of halogens is 2. The van der Waals surface area contributed by atoms with Gasteiger partial charge in [-0.25, -0.2) is 4.68 Å². The fraction of sp³-hybridized carbons (Fsp3) is 0.241. The van der Waals surface area contributed by atoms with E-state index in [-0.39, 0.29) is 18.2 Å². The topological polar surface area (TPSA) is 93.3 Å². The molecule has 0 saturated heterocycles. The number of pyridine rings is 1. The summed E-state index contributed by atoms with van der Waals surface area (Å²) < 4.78 is 13.5. The molecule has 0 N–H and O–H groups in total. The second-order valence-electron chi connectivity index (χ2n) is 10.1. The standard InChI is InChI=1S/C29H25Cl2N5O3/c1-29(2,3)35(4)28(37)26-22-15-39-25-13-24(38-5)20(23-8-16(14-32)6-7-33-23)12-21(25)27(22)36(34-26)19-10-17(30)9-18(31)11-19/h6-13H,15H2,1-5H3. The molecule has 0 spiro atoms. The maximum absolute atomic E-state index is 13.7. The van der Waals surface area contributed by atoms with Crippen molar-refractivity contribution in [3.05, 3.63) is 75.5 Å². The van der Waals surface area contributed by atoms with Crippen LogP contribution in [0.1, 0.15) is 42.4 Å². The summed E-state index contributed by atoms with van der Waals surface area (Å²) >= 11 is 12.7. The van der Waals surface area contributed by atoms with Crippen LogP contribution in [0.5, 0.6) is 11.5 Å². The average molecular weight is 562 g/mol. The van der Waals surface area contributed by atoms with Crippen LogP contribution < -0.4 is 9.47 Å². The number of nitriles is 1. The number of rotatable bonds is 4. The second-order valence-corrected chi connectivity index (χ2v) is 11.0. The number of methoxy groups -OCH3 is 1. The second kappa shape index (κ2) is 9.92. The number of amides is 1. The van der Waals surface area contributed by atoms with Crippen LogP contribution in [0.2, 0.25) is 10.0 Å². The van der Waals surface area contributed by atoms with E-state index < -0.39 is 5.54 Å². The summed E-state index contributed by atoms with van der Waals surface area (Å²) in [4.78, 5) is 19.8. The number of carbonyl (C=O) groups excluding carboxylic acids is 1. The van der Waals surface area contributed by atoms with Gasteiger partial charge in [-0.2, -0.15) is 10.4 Å². The number of aromatic nitrogens is 3. The number of ether oxygens (including phenoxy) is 2. The van der Waals surface area contributed by atoms with E-state index in [0.29, 0.717) is 60.9 Å². The number of hydrogen-bond donors (Lipinski definition) is 0. The Hall–Kier alpha value is -4.06. The first kappa shape index (κ1) is 26.5. The smallest absolute Gasteiger partial charge is 0.274 e. The normalized spacial score (nSPS) is 12.2. The maximum atomic E-state index is 13.7. The highest BCUT2D eigenvalue weighted by atomic mass is 35.5. The molecule has 3 heterocycles. The van der Waals surface area contributed by atoms with E-state index in [1.807, 2.05) is 26.8 Å². The highest BCUT2D eigenvalue weighted by Crippen LogP contribution is 2.46. The molecule has 0 saturated carbocycles. The van der Waals surface area contributed by atoms with E-state index in [1.54, 1.807) is 66.3 Å². The van der Waals surface area contributed by atoms with Gasteiger partial charge in [-0.1, -0.05) is 23.2 Å². The van der Waals surface area contributed by atoms with E-state index in [4.69, 9.17) is 37.8 Å². The SMILES string of the molecule is COc1cc2c(cc1-c1cc(C#N)ccn1)-c1c(c(C(=O)N(C)C(C)(C)C)nn1-c1cc(Cl)cc(Cl)c1)CO2. The Morgan fingerprint density at radius 1 is 1.13 bits per heavy atom. The van der Waals surface area contributed by atoms with Crippen LogP contribution >= 0.6 is 23.2 Å². The molecule has 1 aliphatic rings. The highest BCUT2D eigenvalue weighted by molar-refractivity contribution is 6.34. The van der Waals surface area contributed by atoms with Crippen LogP contribution in [0.4, 0.5) is 0 Å². The lowest BCUT2D eigenvalue weighted by molar-refractivity contribution is 0.0646. The van der Waals surface area contributed by atoms with Crippen LogP contribution in [-0.2, 0) is 6.61 Å². The van der Waals surface area contributed by atoms with Crippen molar-refractivity contribution in [3.8, 4) is 45.8 Å². The molecule has 39 heavy (non-hydrogen) atoms. The van der Waals surface area contributed by atoms with Crippen molar-refractivity contribution in [1.82, 2.24) is 19.7 Å². The van der Waals surface area contributed by atoms with Crippen molar-refractivity contribution in [1.29, 1.82) is 5.26 Å². The molecule has 0 radical (unpaired) electrons. The third kappa shape index (κ3) is 4.80. The molecular weight excluding hydrogens is 537 g/mol. The van der Waals surface area contributed by atoms with Gasteiger partial charge in [-0.15, -0.1) is 0 Å². The molecule has 8 nitrogen and oxygen atoms in total. The minimum absolute atomic E-state index is 0.125. The molecular formula is C29H25Cl2N5O3. The van der Waals surface area contributed by atoms with Crippen molar-refractivity contribution in [2.24, 2.45) is 0 Å². The number of hydrogen-bond acceptors (Lipinski definition) is 6. The minimum Gasteiger partial charge on any atom is -0.496 e. The number of fused-ring (bicyclic) bond motifs is 3. The molecule has 0 bridgehead atoms. The van der Waals surface area contributed by atoms with Crippen molar-refractivity contribution in [2.45, 2.75) is 32.9 Å². The molecule has 2 aromatic carbocycles. The van der Waals surface area contributed by atoms with Gasteiger partial charge in [-0.05, 0) is 57.2 Å². The van der Waals surface area contributed by atoms with E-state index in [9.17, 15) is 10.1 Å². The summed E-state index contributed by atoms with van der Waals surface area (Å²) in [6, 6.07) is 14.2. The molecule has 2 aromatic heterocycles. The molecule has 198 valence electrons. The largest absolute Gasteiger partial charge is 0.496 e. The van der Waals surface area contributed by atoms with Crippen molar-refractivity contribution in [2.75, 3.05) is 14.2 Å². The van der Waals surface area contributed by atoms with Gasteiger partial charge < -0.3 is 14.4 Å². The third-order valence-electron chi connectivity index (χ3n) is 6.68. The monoisotopic (exact) mass is 561 g/mol. The predicted molar refractivity (Wildman–Crippen MR) is 150 cm³/mol. The number of carbonyl (C=O) groups is 1. The van der Waals surface area contributed by atoms with Crippen LogP contribution in [-0.4, -0.2) is 45.3 Å². The first-order valence-electron chi connectivity index (χ1n) is 12.1. The van der Waals surface area contributed by atoms with Crippen LogP contribution in [0, 0.1) is 11.3 Å². The summed E-state index contributed by atoms with van der Waals surface area (Å²) in [6.45, 7) is 5.99.